The molecule has 6 nitrogen and oxygen atoms in total. The monoisotopic (exact) mass is 350 g/mol. The molecule has 1 aromatic heterocycles. The van der Waals surface area contributed by atoms with Gasteiger partial charge >= 0.3 is 0 Å². The van der Waals surface area contributed by atoms with Gasteiger partial charge in [-0.25, -0.2) is 4.98 Å². The van der Waals surface area contributed by atoms with Crippen molar-refractivity contribution in [3.63, 3.8) is 0 Å². The first-order chi connectivity index (χ1) is 12.7. The van der Waals surface area contributed by atoms with Crippen molar-refractivity contribution in [3.8, 4) is 6.07 Å². The van der Waals surface area contributed by atoms with Crippen molar-refractivity contribution < 1.29 is 0 Å². The second-order valence-electron chi connectivity index (χ2n) is 6.84. The van der Waals surface area contributed by atoms with Crippen LogP contribution in [0.15, 0.2) is 30.5 Å². The number of benzene rings is 1. The Morgan fingerprint density at radius 1 is 1.23 bits per heavy atom. The maximum atomic E-state index is 8.69. The lowest BCUT2D eigenvalue weighted by molar-refractivity contribution is 0.581. The number of hydrogen-bond acceptors (Lipinski definition) is 6. The molecule has 0 amide bonds. The molecule has 1 aromatic carbocycles. The van der Waals surface area contributed by atoms with Gasteiger partial charge in [0.2, 0.25) is 5.95 Å². The summed E-state index contributed by atoms with van der Waals surface area (Å²) in [6.45, 7) is 8.24. The van der Waals surface area contributed by atoms with E-state index >= 15 is 0 Å². The van der Waals surface area contributed by atoms with Gasteiger partial charge in [0, 0.05) is 50.0 Å². The lowest BCUT2D eigenvalue weighted by Crippen LogP contribution is -2.44. The highest BCUT2D eigenvalue weighted by Crippen LogP contribution is 2.27. The minimum absolute atomic E-state index is 0.383. The average Bonchev–Trinajstić information content (AvgIpc) is 2.68. The van der Waals surface area contributed by atoms with Crippen LogP contribution >= 0.6 is 0 Å². The summed E-state index contributed by atoms with van der Waals surface area (Å²) in [6, 6.07) is 10.3. The fraction of sp³-hybridized carbons (Fsp3) is 0.450. The summed E-state index contributed by atoms with van der Waals surface area (Å²) in [5, 5.41) is 15.4. The zero-order valence-electron chi connectivity index (χ0n) is 15.5. The van der Waals surface area contributed by atoms with E-state index < -0.39 is 0 Å². The topological polar surface area (TPSA) is 76.9 Å². The maximum Gasteiger partial charge on any atom is 0.229 e. The van der Waals surface area contributed by atoms with E-state index in [4.69, 9.17) is 10.2 Å². The van der Waals surface area contributed by atoms with Crippen LogP contribution in [0.3, 0.4) is 0 Å². The number of aromatic nitrogens is 2. The van der Waals surface area contributed by atoms with E-state index in [0.29, 0.717) is 18.3 Å². The molecule has 1 aliphatic rings. The largest absolute Gasteiger partial charge is 0.354 e. The third-order valence-electron chi connectivity index (χ3n) is 4.57. The van der Waals surface area contributed by atoms with Crippen molar-refractivity contribution >= 4 is 17.5 Å². The van der Waals surface area contributed by atoms with Crippen LogP contribution in [-0.4, -0.2) is 36.1 Å². The molecule has 3 rings (SSSR count). The average molecular weight is 350 g/mol. The van der Waals surface area contributed by atoms with Crippen LogP contribution in [0.5, 0.6) is 0 Å². The number of aryl methyl sites for hydroxylation is 1. The Hall–Kier alpha value is -2.65. The Morgan fingerprint density at radius 2 is 1.96 bits per heavy atom. The van der Waals surface area contributed by atoms with Crippen molar-refractivity contribution in [1.82, 2.24) is 15.3 Å². The van der Waals surface area contributed by atoms with Gasteiger partial charge in [0.25, 0.3) is 0 Å². The van der Waals surface area contributed by atoms with Gasteiger partial charge in [0.1, 0.15) is 5.82 Å². The highest BCUT2D eigenvalue weighted by Gasteiger charge is 2.18. The molecule has 1 aliphatic heterocycles. The summed E-state index contributed by atoms with van der Waals surface area (Å²) in [7, 11) is 0. The predicted molar refractivity (Wildman–Crippen MR) is 105 cm³/mol. The smallest absolute Gasteiger partial charge is 0.229 e. The van der Waals surface area contributed by atoms with Gasteiger partial charge < -0.3 is 15.5 Å². The second kappa shape index (κ2) is 8.63. The molecular weight excluding hydrogens is 324 g/mol. The molecule has 1 fully saturated rings. The zero-order chi connectivity index (χ0) is 18.4. The third kappa shape index (κ3) is 4.50. The molecule has 136 valence electrons. The van der Waals surface area contributed by atoms with Crippen LogP contribution in [0.2, 0.25) is 0 Å². The molecule has 2 heterocycles. The number of piperazine rings is 1. The molecule has 0 spiro atoms. The van der Waals surface area contributed by atoms with Gasteiger partial charge in [-0.3, -0.25) is 0 Å². The molecule has 2 N–H and O–H groups in total. The first kappa shape index (κ1) is 18.2. The molecule has 0 radical (unpaired) electrons. The van der Waals surface area contributed by atoms with Gasteiger partial charge in [-0.15, -0.1) is 0 Å². The van der Waals surface area contributed by atoms with E-state index in [1.165, 1.54) is 5.56 Å². The Morgan fingerprint density at radius 3 is 2.62 bits per heavy atom. The van der Waals surface area contributed by atoms with Gasteiger partial charge in [-0.05, 0) is 30.0 Å². The lowest BCUT2D eigenvalue weighted by atomic mass is 10.1. The standard InChI is InChI=1S/C20H26N6/c1-15(2)18-14-23-20(25-19(18)26-12-10-22-11-13-26)24-17-7-5-16(6-8-17)4-3-9-21/h5-8,14-15,22H,3-4,10-13H2,1-2H3,(H,23,24,25). The van der Waals surface area contributed by atoms with E-state index in [1.807, 2.05) is 30.5 Å². The van der Waals surface area contributed by atoms with Crippen molar-refractivity contribution in [2.24, 2.45) is 0 Å². The van der Waals surface area contributed by atoms with E-state index in [9.17, 15) is 0 Å². The fourth-order valence-corrected chi connectivity index (χ4v) is 3.06. The SMILES string of the molecule is CC(C)c1cnc(Nc2ccc(CCC#N)cc2)nc1N1CCNCC1. The number of anilines is 3. The number of rotatable bonds is 6. The zero-order valence-corrected chi connectivity index (χ0v) is 15.5. The Balaban J connectivity index is 1.78. The van der Waals surface area contributed by atoms with Crippen LogP contribution in [0.1, 0.15) is 37.3 Å². The van der Waals surface area contributed by atoms with Crippen LogP contribution in [-0.2, 0) is 6.42 Å². The molecule has 0 bridgehead atoms. The molecule has 0 saturated carbocycles. The third-order valence-corrected chi connectivity index (χ3v) is 4.57. The summed E-state index contributed by atoms with van der Waals surface area (Å²) in [4.78, 5) is 11.7. The molecule has 26 heavy (non-hydrogen) atoms. The molecule has 1 saturated heterocycles. The fourth-order valence-electron chi connectivity index (χ4n) is 3.06. The minimum atomic E-state index is 0.383. The summed E-state index contributed by atoms with van der Waals surface area (Å²) in [5.74, 6) is 2.03. The van der Waals surface area contributed by atoms with Crippen molar-refractivity contribution in [2.75, 3.05) is 36.4 Å². The molecular formula is C20H26N6. The molecule has 2 aromatic rings. The lowest BCUT2D eigenvalue weighted by Gasteiger charge is -2.30. The summed E-state index contributed by atoms with van der Waals surface area (Å²) in [6.07, 6.45) is 3.27. The summed E-state index contributed by atoms with van der Waals surface area (Å²) >= 11 is 0. The Bertz CT molecular complexity index is 757. The first-order valence-corrected chi connectivity index (χ1v) is 9.23. The van der Waals surface area contributed by atoms with E-state index in [-0.39, 0.29) is 0 Å². The van der Waals surface area contributed by atoms with Crippen LogP contribution in [0, 0.1) is 11.3 Å². The van der Waals surface area contributed by atoms with Crippen LogP contribution in [0.4, 0.5) is 17.5 Å². The quantitative estimate of drug-likeness (QED) is 0.833. The minimum Gasteiger partial charge on any atom is -0.354 e. The highest BCUT2D eigenvalue weighted by molar-refractivity contribution is 5.58. The van der Waals surface area contributed by atoms with E-state index in [0.717, 1.165) is 49.7 Å². The Labute approximate surface area is 155 Å². The van der Waals surface area contributed by atoms with Crippen molar-refractivity contribution in [1.29, 1.82) is 5.26 Å². The normalized spacial score (nSPS) is 14.3. The van der Waals surface area contributed by atoms with Crippen molar-refractivity contribution in [2.45, 2.75) is 32.6 Å². The van der Waals surface area contributed by atoms with E-state index in [1.54, 1.807) is 0 Å². The van der Waals surface area contributed by atoms with Gasteiger partial charge in [-0.1, -0.05) is 26.0 Å². The number of hydrogen-bond donors (Lipinski definition) is 2. The molecule has 0 atom stereocenters. The summed E-state index contributed by atoms with van der Waals surface area (Å²) < 4.78 is 0. The first-order valence-electron chi connectivity index (χ1n) is 9.23. The maximum absolute atomic E-state index is 8.69. The summed E-state index contributed by atoms with van der Waals surface area (Å²) in [5.41, 5.74) is 3.30. The predicted octanol–water partition coefficient (Wildman–Crippen LogP) is 3.21. The van der Waals surface area contributed by atoms with Gasteiger partial charge in [0.15, 0.2) is 0 Å². The number of nitrogens with one attached hydrogen (secondary N) is 2. The highest BCUT2D eigenvalue weighted by atomic mass is 15.3. The van der Waals surface area contributed by atoms with Gasteiger partial charge in [0.05, 0.1) is 6.07 Å². The van der Waals surface area contributed by atoms with Crippen LogP contribution in [0.25, 0.3) is 0 Å². The van der Waals surface area contributed by atoms with Crippen LogP contribution < -0.4 is 15.5 Å². The second-order valence-corrected chi connectivity index (χ2v) is 6.84. The molecule has 6 heteroatoms. The molecule has 0 aliphatic carbocycles. The van der Waals surface area contributed by atoms with Crippen molar-refractivity contribution in [3.05, 3.63) is 41.6 Å². The van der Waals surface area contributed by atoms with Gasteiger partial charge in [-0.2, -0.15) is 10.2 Å². The van der Waals surface area contributed by atoms with E-state index in [2.05, 4.69) is 40.4 Å². The Kier molecular flexibility index (Phi) is 6.03. The number of nitriles is 1. The molecule has 0 unspecified atom stereocenters. The number of nitrogens with zero attached hydrogens (tertiary/aromatic N) is 4.